The minimum Gasteiger partial charge on any atom is -0.444 e. The second kappa shape index (κ2) is 9.38. The van der Waals surface area contributed by atoms with Crippen molar-refractivity contribution < 1.29 is 18.8 Å². The number of anilines is 1. The number of piperidine rings is 1. The fourth-order valence-electron chi connectivity index (χ4n) is 4.53. The number of nitrogens with zero attached hydrogens (tertiary/aromatic N) is 3. The zero-order valence-corrected chi connectivity index (χ0v) is 19.3. The first-order valence-corrected chi connectivity index (χ1v) is 11.4. The average Bonchev–Trinajstić information content (AvgIpc) is 3.40. The lowest BCUT2D eigenvalue weighted by atomic mass is 10.0. The molecular formula is C23H31N5O5. The second-order valence-corrected chi connectivity index (χ2v) is 9.58. The Morgan fingerprint density at radius 2 is 1.82 bits per heavy atom. The van der Waals surface area contributed by atoms with E-state index in [9.17, 15) is 14.4 Å². The number of rotatable bonds is 4. The number of H-pyrrole nitrogens is 1. The highest BCUT2D eigenvalue weighted by atomic mass is 16.6. The third-order valence-electron chi connectivity index (χ3n) is 5.99. The van der Waals surface area contributed by atoms with Crippen molar-refractivity contribution >= 4 is 17.7 Å². The molecule has 1 unspecified atom stereocenters. The van der Waals surface area contributed by atoms with Gasteiger partial charge in [-0.25, -0.2) is 9.59 Å². The minimum atomic E-state index is -0.640. The number of aromatic amines is 1. The summed E-state index contributed by atoms with van der Waals surface area (Å²) in [4.78, 5) is 43.9. The van der Waals surface area contributed by atoms with Crippen LogP contribution in [0, 0.1) is 0 Å². The zero-order chi connectivity index (χ0) is 23.6. The van der Waals surface area contributed by atoms with Gasteiger partial charge in [-0.05, 0) is 77.4 Å². The summed E-state index contributed by atoms with van der Waals surface area (Å²) in [6.45, 7) is 7.81. The highest BCUT2D eigenvalue weighted by Crippen LogP contribution is 2.29. The van der Waals surface area contributed by atoms with Gasteiger partial charge in [-0.3, -0.25) is 24.1 Å². The third-order valence-corrected chi connectivity index (χ3v) is 5.99. The largest absolute Gasteiger partial charge is 0.444 e. The van der Waals surface area contributed by atoms with Crippen molar-refractivity contribution in [2.45, 2.75) is 64.1 Å². The quantitative estimate of drug-likeness (QED) is 0.724. The predicted molar refractivity (Wildman–Crippen MR) is 122 cm³/mol. The topological polar surface area (TPSA) is 121 Å². The number of hydrogen-bond acceptors (Lipinski definition) is 7. The fraction of sp³-hybridized carbons (Fsp3) is 0.565. The van der Waals surface area contributed by atoms with Crippen molar-refractivity contribution in [1.29, 1.82) is 0 Å². The van der Waals surface area contributed by atoms with E-state index in [1.807, 2.05) is 20.8 Å². The number of aromatic nitrogens is 2. The van der Waals surface area contributed by atoms with Crippen LogP contribution in [0.1, 0.15) is 46.5 Å². The number of benzene rings is 1. The Hall–Kier alpha value is -3.14. The molecule has 178 valence electrons. The molecule has 2 atom stereocenters. The van der Waals surface area contributed by atoms with E-state index < -0.39 is 23.5 Å². The molecule has 0 radical (unpaired) electrons. The van der Waals surface area contributed by atoms with Crippen molar-refractivity contribution in [3.8, 4) is 11.4 Å². The summed E-state index contributed by atoms with van der Waals surface area (Å²) >= 11 is 0. The molecule has 3 heterocycles. The molecule has 2 aliphatic heterocycles. The van der Waals surface area contributed by atoms with Gasteiger partial charge in [-0.15, -0.1) is 0 Å². The monoisotopic (exact) mass is 457 g/mol. The summed E-state index contributed by atoms with van der Waals surface area (Å²) in [7, 11) is 0. The van der Waals surface area contributed by atoms with E-state index in [0.717, 1.165) is 32.4 Å². The summed E-state index contributed by atoms with van der Waals surface area (Å²) in [6, 6.07) is 6.23. The van der Waals surface area contributed by atoms with E-state index in [4.69, 9.17) is 4.74 Å². The first-order valence-electron chi connectivity index (χ1n) is 11.4. The molecular weight excluding hydrogens is 426 g/mol. The molecule has 0 spiro atoms. The Kier molecular flexibility index (Phi) is 6.55. The molecule has 1 aromatic carbocycles. The third kappa shape index (κ3) is 5.44. The molecule has 0 bridgehead atoms. The van der Waals surface area contributed by atoms with Crippen LogP contribution >= 0.6 is 0 Å². The van der Waals surface area contributed by atoms with Gasteiger partial charge in [0.25, 0.3) is 0 Å². The van der Waals surface area contributed by atoms with Crippen molar-refractivity contribution in [3.05, 3.63) is 34.8 Å². The van der Waals surface area contributed by atoms with Crippen LogP contribution in [-0.2, 0) is 9.53 Å². The SMILES string of the molecule is CC(C)(C)OC(=O)N1CCC(N2CCCCC2)[C@H]1C(=O)Nc1ccc(-c2noc(=O)[nH]2)cc1. The Balaban J connectivity index is 1.52. The molecule has 2 amide bonds. The second-order valence-electron chi connectivity index (χ2n) is 9.58. The summed E-state index contributed by atoms with van der Waals surface area (Å²) < 4.78 is 10.1. The number of hydrogen-bond donors (Lipinski definition) is 2. The van der Waals surface area contributed by atoms with E-state index in [2.05, 4.69) is 24.9 Å². The van der Waals surface area contributed by atoms with E-state index in [0.29, 0.717) is 23.6 Å². The van der Waals surface area contributed by atoms with Gasteiger partial charge in [0.1, 0.15) is 11.6 Å². The first-order chi connectivity index (χ1) is 15.7. The van der Waals surface area contributed by atoms with E-state index in [1.165, 1.54) is 6.42 Å². The van der Waals surface area contributed by atoms with Crippen LogP contribution < -0.4 is 11.1 Å². The van der Waals surface area contributed by atoms with Gasteiger partial charge >= 0.3 is 11.8 Å². The van der Waals surface area contributed by atoms with Gasteiger partial charge in [0.05, 0.1) is 0 Å². The Labute approximate surface area is 192 Å². The number of likely N-dealkylation sites (tertiary alicyclic amines) is 2. The molecule has 2 aliphatic rings. The van der Waals surface area contributed by atoms with Gasteiger partial charge in [-0.2, -0.15) is 0 Å². The van der Waals surface area contributed by atoms with E-state index >= 15 is 0 Å². The smallest absolute Gasteiger partial charge is 0.439 e. The summed E-state index contributed by atoms with van der Waals surface area (Å²) in [5.74, 6) is -0.555. The maximum absolute atomic E-state index is 13.4. The normalized spacial score (nSPS) is 21.7. The van der Waals surface area contributed by atoms with Crippen molar-refractivity contribution in [1.82, 2.24) is 19.9 Å². The van der Waals surface area contributed by atoms with Gasteiger partial charge in [0.15, 0.2) is 5.82 Å². The van der Waals surface area contributed by atoms with E-state index in [1.54, 1.807) is 29.2 Å². The number of ether oxygens (including phenoxy) is 1. The molecule has 2 fully saturated rings. The highest BCUT2D eigenvalue weighted by Gasteiger charge is 2.46. The molecule has 2 aromatic rings. The molecule has 1 aromatic heterocycles. The molecule has 10 nitrogen and oxygen atoms in total. The van der Waals surface area contributed by atoms with Crippen LogP contribution in [0.2, 0.25) is 0 Å². The van der Waals surface area contributed by atoms with Crippen LogP contribution in [-0.4, -0.2) is 69.3 Å². The Bertz CT molecular complexity index is 1030. The number of amides is 2. The maximum Gasteiger partial charge on any atom is 0.439 e. The highest BCUT2D eigenvalue weighted by molar-refractivity contribution is 5.97. The van der Waals surface area contributed by atoms with Crippen LogP contribution in [0.15, 0.2) is 33.6 Å². The summed E-state index contributed by atoms with van der Waals surface area (Å²) in [6.07, 6.45) is 3.66. The lowest BCUT2D eigenvalue weighted by Crippen LogP contribution is -2.54. The number of carbonyl (C=O) groups excluding carboxylic acids is 2. The van der Waals surface area contributed by atoms with Crippen molar-refractivity contribution in [2.75, 3.05) is 25.0 Å². The minimum absolute atomic E-state index is 0.0442. The molecule has 2 N–H and O–H groups in total. The van der Waals surface area contributed by atoms with Gasteiger partial charge in [0.2, 0.25) is 5.91 Å². The lowest BCUT2D eigenvalue weighted by molar-refractivity contribution is -0.122. The first kappa shape index (κ1) is 23.0. The van der Waals surface area contributed by atoms with Crippen LogP contribution in [0.25, 0.3) is 11.4 Å². The van der Waals surface area contributed by atoms with Crippen LogP contribution in [0.3, 0.4) is 0 Å². The molecule has 0 saturated carbocycles. The van der Waals surface area contributed by atoms with Gasteiger partial charge < -0.3 is 10.1 Å². The van der Waals surface area contributed by atoms with Crippen molar-refractivity contribution in [2.24, 2.45) is 0 Å². The molecule has 4 rings (SSSR count). The lowest BCUT2D eigenvalue weighted by Gasteiger charge is -2.36. The summed E-state index contributed by atoms with van der Waals surface area (Å²) in [5, 5.41) is 6.62. The standard InChI is InChI=1S/C23H31N5O5/c1-23(2,3)32-22(31)28-14-11-17(27-12-5-4-6-13-27)18(28)20(29)24-16-9-7-15(8-10-16)19-25-21(30)33-26-19/h7-10,17-18H,4-6,11-14H2,1-3H3,(H,24,29)(H,25,26,30)/t17?,18-/m0/s1. The van der Waals surface area contributed by atoms with Gasteiger partial charge in [0, 0.05) is 23.8 Å². The number of carbonyl (C=O) groups is 2. The Morgan fingerprint density at radius 3 is 2.42 bits per heavy atom. The molecule has 0 aliphatic carbocycles. The summed E-state index contributed by atoms with van der Waals surface area (Å²) in [5.41, 5.74) is 0.600. The van der Waals surface area contributed by atoms with E-state index in [-0.39, 0.29) is 11.9 Å². The number of nitrogens with one attached hydrogen (secondary N) is 2. The average molecular weight is 458 g/mol. The zero-order valence-electron chi connectivity index (χ0n) is 19.3. The van der Waals surface area contributed by atoms with Crippen molar-refractivity contribution in [3.63, 3.8) is 0 Å². The van der Waals surface area contributed by atoms with Crippen LogP contribution in [0.5, 0.6) is 0 Å². The molecule has 2 saturated heterocycles. The van der Waals surface area contributed by atoms with Crippen LogP contribution in [0.4, 0.5) is 10.5 Å². The van der Waals surface area contributed by atoms with Gasteiger partial charge in [-0.1, -0.05) is 11.6 Å². The predicted octanol–water partition coefficient (Wildman–Crippen LogP) is 2.83. The fourth-order valence-corrected chi connectivity index (χ4v) is 4.53. The Morgan fingerprint density at radius 1 is 1.12 bits per heavy atom. The molecule has 33 heavy (non-hydrogen) atoms. The molecule has 10 heteroatoms. The maximum atomic E-state index is 13.4.